The number of amides is 1. The number of hydrogen-bond acceptors (Lipinski definition) is 5. The number of rotatable bonds is 6. The molecule has 20 heavy (non-hydrogen) atoms. The SMILES string of the molecule is CCOC(=O)[C@@H]1CCCCN1CC(=O)N(C)CCC#N. The van der Waals surface area contributed by atoms with Gasteiger partial charge >= 0.3 is 5.97 Å². The summed E-state index contributed by atoms with van der Waals surface area (Å²) < 4.78 is 5.07. The zero-order chi connectivity index (χ0) is 15.0. The molecule has 1 saturated heterocycles. The molecule has 1 heterocycles. The lowest BCUT2D eigenvalue weighted by atomic mass is 10.0. The van der Waals surface area contributed by atoms with Crippen molar-refractivity contribution in [1.82, 2.24) is 9.80 Å². The van der Waals surface area contributed by atoms with Crippen molar-refractivity contribution < 1.29 is 14.3 Å². The Morgan fingerprint density at radius 2 is 2.20 bits per heavy atom. The average Bonchev–Trinajstić information content (AvgIpc) is 2.45. The lowest BCUT2D eigenvalue weighted by Crippen LogP contribution is -2.49. The standard InChI is InChI=1S/C14H23N3O3/c1-3-20-14(19)12-7-4-5-10-17(12)11-13(18)16(2)9-6-8-15/h12H,3-7,9-11H2,1-2H3/t12-/m0/s1. The molecule has 1 amide bonds. The first-order valence-electron chi connectivity index (χ1n) is 7.11. The van der Waals surface area contributed by atoms with E-state index in [2.05, 4.69) is 0 Å². The topological polar surface area (TPSA) is 73.6 Å². The Morgan fingerprint density at radius 1 is 1.45 bits per heavy atom. The number of nitriles is 1. The Kier molecular flexibility index (Phi) is 7.02. The van der Waals surface area contributed by atoms with E-state index in [0.717, 1.165) is 25.8 Å². The maximum absolute atomic E-state index is 12.1. The van der Waals surface area contributed by atoms with Crippen molar-refractivity contribution in [3.05, 3.63) is 0 Å². The van der Waals surface area contributed by atoms with Gasteiger partial charge in [0.15, 0.2) is 0 Å². The summed E-state index contributed by atoms with van der Waals surface area (Å²) in [4.78, 5) is 27.4. The lowest BCUT2D eigenvalue weighted by molar-refractivity contribution is -0.151. The molecule has 0 aromatic rings. The fourth-order valence-corrected chi connectivity index (χ4v) is 2.32. The smallest absolute Gasteiger partial charge is 0.323 e. The number of carbonyl (C=O) groups is 2. The van der Waals surface area contributed by atoms with Gasteiger partial charge in [0.2, 0.25) is 5.91 Å². The minimum Gasteiger partial charge on any atom is -0.465 e. The fraction of sp³-hybridized carbons (Fsp3) is 0.786. The van der Waals surface area contributed by atoms with Crippen LogP contribution in [0.15, 0.2) is 0 Å². The molecular weight excluding hydrogens is 258 g/mol. The van der Waals surface area contributed by atoms with Crippen molar-refractivity contribution in [3.63, 3.8) is 0 Å². The molecule has 0 aromatic carbocycles. The minimum absolute atomic E-state index is 0.0588. The van der Waals surface area contributed by atoms with Crippen molar-refractivity contribution >= 4 is 11.9 Å². The molecule has 0 aromatic heterocycles. The third-order valence-corrected chi connectivity index (χ3v) is 3.50. The van der Waals surface area contributed by atoms with E-state index in [-0.39, 0.29) is 24.5 Å². The second-order valence-corrected chi connectivity index (χ2v) is 4.96. The highest BCUT2D eigenvalue weighted by Crippen LogP contribution is 2.18. The fourth-order valence-electron chi connectivity index (χ4n) is 2.32. The predicted molar refractivity (Wildman–Crippen MR) is 73.7 cm³/mol. The monoisotopic (exact) mass is 281 g/mol. The van der Waals surface area contributed by atoms with Crippen molar-refractivity contribution in [3.8, 4) is 6.07 Å². The zero-order valence-corrected chi connectivity index (χ0v) is 12.3. The molecule has 1 fully saturated rings. The Balaban J connectivity index is 2.56. The van der Waals surface area contributed by atoms with Gasteiger partial charge in [-0.15, -0.1) is 0 Å². The van der Waals surface area contributed by atoms with E-state index >= 15 is 0 Å². The summed E-state index contributed by atoms with van der Waals surface area (Å²) in [5.74, 6) is -0.295. The summed E-state index contributed by atoms with van der Waals surface area (Å²) in [6.45, 7) is 3.52. The van der Waals surface area contributed by atoms with Crippen molar-refractivity contribution in [2.24, 2.45) is 0 Å². The number of carbonyl (C=O) groups excluding carboxylic acids is 2. The normalized spacial score (nSPS) is 19.1. The van der Waals surface area contributed by atoms with Crippen LogP contribution in [0, 0.1) is 11.3 Å². The quantitative estimate of drug-likeness (QED) is 0.673. The van der Waals surface area contributed by atoms with Gasteiger partial charge in [-0.2, -0.15) is 5.26 Å². The second kappa shape index (κ2) is 8.54. The molecule has 0 radical (unpaired) electrons. The summed E-state index contributed by atoms with van der Waals surface area (Å²) in [6.07, 6.45) is 3.04. The van der Waals surface area contributed by atoms with Crippen LogP contribution < -0.4 is 0 Å². The van der Waals surface area contributed by atoms with E-state index in [1.54, 1.807) is 18.9 Å². The molecule has 0 bridgehead atoms. The highest BCUT2D eigenvalue weighted by atomic mass is 16.5. The highest BCUT2D eigenvalue weighted by Gasteiger charge is 2.31. The van der Waals surface area contributed by atoms with Gasteiger partial charge in [-0.1, -0.05) is 6.42 Å². The predicted octanol–water partition coefficient (Wildman–Crippen LogP) is 0.776. The van der Waals surface area contributed by atoms with Crippen molar-refractivity contribution in [2.45, 2.75) is 38.6 Å². The maximum Gasteiger partial charge on any atom is 0.323 e. The van der Waals surface area contributed by atoms with Crippen LogP contribution in [0.2, 0.25) is 0 Å². The number of hydrogen-bond donors (Lipinski definition) is 0. The maximum atomic E-state index is 12.1. The molecule has 0 spiro atoms. The first-order chi connectivity index (χ1) is 9.60. The first-order valence-corrected chi connectivity index (χ1v) is 7.11. The Bertz CT molecular complexity index is 378. The molecule has 0 aliphatic carbocycles. The summed E-state index contributed by atoms with van der Waals surface area (Å²) in [5, 5.41) is 8.53. The van der Waals surface area contributed by atoms with Gasteiger partial charge < -0.3 is 9.64 Å². The Labute approximate surface area is 120 Å². The van der Waals surface area contributed by atoms with Crippen LogP contribution in [0.5, 0.6) is 0 Å². The third-order valence-electron chi connectivity index (χ3n) is 3.50. The number of likely N-dealkylation sites (N-methyl/N-ethyl adjacent to an activating group) is 1. The molecule has 0 N–H and O–H groups in total. The van der Waals surface area contributed by atoms with Crippen LogP contribution in [0.3, 0.4) is 0 Å². The molecule has 6 heteroatoms. The lowest BCUT2D eigenvalue weighted by Gasteiger charge is -2.34. The van der Waals surface area contributed by atoms with Gasteiger partial charge in [0, 0.05) is 13.6 Å². The van der Waals surface area contributed by atoms with Crippen molar-refractivity contribution in [1.29, 1.82) is 5.26 Å². The van der Waals surface area contributed by atoms with Gasteiger partial charge in [0.25, 0.3) is 0 Å². The summed E-state index contributed by atoms with van der Waals surface area (Å²) in [5.41, 5.74) is 0. The van der Waals surface area contributed by atoms with Crippen LogP contribution in [0.4, 0.5) is 0 Å². The van der Waals surface area contributed by atoms with E-state index in [1.165, 1.54) is 0 Å². The molecule has 112 valence electrons. The molecule has 1 rings (SSSR count). The molecule has 1 aliphatic heterocycles. The number of nitrogens with zero attached hydrogens (tertiary/aromatic N) is 3. The largest absolute Gasteiger partial charge is 0.465 e. The molecule has 0 saturated carbocycles. The summed E-state index contributed by atoms with van der Waals surface area (Å²) >= 11 is 0. The number of likely N-dealkylation sites (tertiary alicyclic amines) is 1. The van der Waals surface area contributed by atoms with Crippen LogP contribution in [0.1, 0.15) is 32.6 Å². The number of piperidine rings is 1. The molecular formula is C14H23N3O3. The molecule has 1 atom stereocenters. The number of esters is 1. The molecule has 6 nitrogen and oxygen atoms in total. The highest BCUT2D eigenvalue weighted by molar-refractivity contribution is 5.80. The average molecular weight is 281 g/mol. The van der Waals surface area contributed by atoms with Gasteiger partial charge in [-0.05, 0) is 26.3 Å². The van der Waals surface area contributed by atoms with Crippen LogP contribution in [-0.4, -0.2) is 61.0 Å². The Morgan fingerprint density at radius 3 is 2.85 bits per heavy atom. The van der Waals surface area contributed by atoms with Gasteiger partial charge in [0.1, 0.15) is 6.04 Å². The van der Waals surface area contributed by atoms with E-state index in [1.807, 2.05) is 11.0 Å². The minimum atomic E-state index is -0.308. The number of ether oxygens (including phenoxy) is 1. The van der Waals surface area contributed by atoms with Gasteiger partial charge in [0.05, 0.1) is 25.6 Å². The first kappa shape index (κ1) is 16.4. The van der Waals surface area contributed by atoms with Gasteiger partial charge in [-0.25, -0.2) is 0 Å². The van der Waals surface area contributed by atoms with E-state index in [4.69, 9.17) is 10.00 Å². The second-order valence-electron chi connectivity index (χ2n) is 4.96. The van der Waals surface area contributed by atoms with Crippen LogP contribution >= 0.6 is 0 Å². The molecule has 1 aliphatic rings. The molecule has 0 unspecified atom stereocenters. The third kappa shape index (κ3) is 4.82. The van der Waals surface area contributed by atoms with E-state index in [0.29, 0.717) is 19.6 Å². The summed E-state index contributed by atoms with van der Waals surface area (Å²) in [6, 6.07) is 1.71. The van der Waals surface area contributed by atoms with Crippen molar-refractivity contribution in [2.75, 3.05) is 33.3 Å². The summed E-state index contributed by atoms with van der Waals surface area (Å²) in [7, 11) is 1.68. The van der Waals surface area contributed by atoms with Crippen LogP contribution in [0.25, 0.3) is 0 Å². The van der Waals surface area contributed by atoms with E-state index in [9.17, 15) is 9.59 Å². The van der Waals surface area contributed by atoms with E-state index < -0.39 is 0 Å². The van der Waals surface area contributed by atoms with Crippen LogP contribution in [-0.2, 0) is 14.3 Å². The Hall–Kier alpha value is -1.61. The van der Waals surface area contributed by atoms with Gasteiger partial charge in [-0.3, -0.25) is 14.5 Å². The zero-order valence-electron chi connectivity index (χ0n) is 12.3.